The second-order valence-corrected chi connectivity index (χ2v) is 4.33. The van der Waals surface area contributed by atoms with Crippen LogP contribution in [0.1, 0.15) is 25.5 Å². The Morgan fingerprint density at radius 3 is 2.50 bits per heavy atom. The van der Waals surface area contributed by atoms with Crippen LogP contribution in [0, 0.1) is 17.1 Å². The molecular weight excluding hydrogens is 271 g/mol. The number of nitrogens with zero attached hydrogens (tertiary/aromatic N) is 2. The molecule has 0 aliphatic rings. The van der Waals surface area contributed by atoms with E-state index in [4.69, 9.17) is 5.26 Å². The van der Waals surface area contributed by atoms with Gasteiger partial charge in [0.15, 0.2) is 0 Å². The number of halogens is 2. The lowest BCUT2D eigenvalue weighted by atomic mass is 10.1. The van der Waals surface area contributed by atoms with Crippen LogP contribution in [0.2, 0.25) is 0 Å². The van der Waals surface area contributed by atoms with Crippen molar-refractivity contribution in [3.8, 4) is 6.07 Å². The number of nitriles is 1. The highest BCUT2D eigenvalue weighted by Crippen LogP contribution is 2.24. The normalized spacial score (nSPS) is 12.5. The summed E-state index contributed by atoms with van der Waals surface area (Å²) in [6.45, 7) is 5.38. The molecule has 1 aromatic rings. The zero-order chi connectivity index (χ0) is 12.1. The summed E-state index contributed by atoms with van der Waals surface area (Å²) in [6.07, 6.45) is 0. The Morgan fingerprint density at radius 1 is 1.44 bits per heavy atom. The zero-order valence-electron chi connectivity index (χ0n) is 9.37. The van der Waals surface area contributed by atoms with E-state index in [1.165, 1.54) is 6.07 Å². The van der Waals surface area contributed by atoms with Crippen molar-refractivity contribution in [1.29, 1.82) is 5.26 Å². The molecule has 4 heteroatoms. The molecule has 1 unspecified atom stereocenters. The van der Waals surface area contributed by atoms with Crippen LogP contribution in [0.5, 0.6) is 0 Å². The fraction of sp³-hybridized carbons (Fsp3) is 0.417. The quantitative estimate of drug-likeness (QED) is 0.846. The SMILES string of the molecule is CCN(CC)C(C#N)c1ccc(Br)cc1F. The van der Waals surface area contributed by atoms with Crippen molar-refractivity contribution in [2.75, 3.05) is 13.1 Å². The van der Waals surface area contributed by atoms with Crippen molar-refractivity contribution in [1.82, 2.24) is 4.90 Å². The van der Waals surface area contributed by atoms with E-state index in [-0.39, 0.29) is 5.82 Å². The summed E-state index contributed by atoms with van der Waals surface area (Å²) in [7, 11) is 0. The maximum Gasteiger partial charge on any atom is 0.130 e. The topological polar surface area (TPSA) is 27.0 Å². The summed E-state index contributed by atoms with van der Waals surface area (Å²) in [5.41, 5.74) is 0.439. The molecule has 0 amide bonds. The van der Waals surface area contributed by atoms with Gasteiger partial charge in [0.1, 0.15) is 11.9 Å². The molecular formula is C12H14BrFN2. The largest absolute Gasteiger partial charge is 0.285 e. The Kier molecular flexibility index (Phi) is 4.91. The highest BCUT2D eigenvalue weighted by molar-refractivity contribution is 9.10. The van der Waals surface area contributed by atoms with Crippen molar-refractivity contribution in [3.63, 3.8) is 0 Å². The molecule has 0 aliphatic heterocycles. The third-order valence-electron chi connectivity index (χ3n) is 2.56. The number of hydrogen-bond donors (Lipinski definition) is 0. The van der Waals surface area contributed by atoms with Gasteiger partial charge in [-0.15, -0.1) is 0 Å². The second kappa shape index (κ2) is 5.97. The fourth-order valence-corrected chi connectivity index (χ4v) is 1.99. The molecule has 0 spiro atoms. The van der Waals surface area contributed by atoms with E-state index in [1.807, 2.05) is 18.7 Å². The minimum atomic E-state index is -0.511. The van der Waals surface area contributed by atoms with Gasteiger partial charge in [0.25, 0.3) is 0 Å². The van der Waals surface area contributed by atoms with Gasteiger partial charge < -0.3 is 0 Å². The maximum atomic E-state index is 13.7. The molecule has 0 aromatic heterocycles. The number of rotatable bonds is 4. The summed E-state index contributed by atoms with van der Waals surface area (Å²) in [6, 6.07) is 6.45. The van der Waals surface area contributed by atoms with Crippen LogP contribution >= 0.6 is 15.9 Å². The molecule has 1 aromatic carbocycles. The average molecular weight is 285 g/mol. The molecule has 0 saturated carbocycles. The lowest BCUT2D eigenvalue weighted by Crippen LogP contribution is -2.28. The fourth-order valence-electron chi connectivity index (χ4n) is 1.66. The lowest BCUT2D eigenvalue weighted by molar-refractivity contribution is 0.258. The first-order valence-electron chi connectivity index (χ1n) is 5.22. The highest BCUT2D eigenvalue weighted by Gasteiger charge is 2.20. The van der Waals surface area contributed by atoms with Gasteiger partial charge in [-0.25, -0.2) is 4.39 Å². The maximum absolute atomic E-state index is 13.7. The predicted molar refractivity (Wildman–Crippen MR) is 65.4 cm³/mol. The Bertz CT molecular complexity index is 396. The molecule has 2 nitrogen and oxygen atoms in total. The van der Waals surface area contributed by atoms with Gasteiger partial charge in [-0.3, -0.25) is 4.90 Å². The predicted octanol–water partition coefficient (Wildman–Crippen LogP) is 3.49. The van der Waals surface area contributed by atoms with Crippen LogP contribution in [0.4, 0.5) is 4.39 Å². The van der Waals surface area contributed by atoms with E-state index in [2.05, 4.69) is 22.0 Å². The Balaban J connectivity index is 3.09. The van der Waals surface area contributed by atoms with Gasteiger partial charge in [0.05, 0.1) is 6.07 Å². The summed E-state index contributed by atoms with van der Waals surface area (Å²) < 4.78 is 14.4. The Morgan fingerprint density at radius 2 is 2.06 bits per heavy atom. The Hall–Kier alpha value is -0.920. The van der Waals surface area contributed by atoms with E-state index in [9.17, 15) is 4.39 Å². The van der Waals surface area contributed by atoms with Crippen LogP contribution in [-0.4, -0.2) is 18.0 Å². The second-order valence-electron chi connectivity index (χ2n) is 3.42. The first-order chi connectivity index (χ1) is 7.63. The van der Waals surface area contributed by atoms with Crippen LogP contribution in [0.3, 0.4) is 0 Å². The van der Waals surface area contributed by atoms with Crippen LogP contribution in [0.15, 0.2) is 22.7 Å². The third kappa shape index (κ3) is 2.81. The molecule has 86 valence electrons. The van der Waals surface area contributed by atoms with E-state index in [1.54, 1.807) is 12.1 Å². The smallest absolute Gasteiger partial charge is 0.130 e. The summed E-state index contributed by atoms with van der Waals surface area (Å²) in [5.74, 6) is -0.340. The average Bonchev–Trinajstić information content (AvgIpc) is 2.27. The van der Waals surface area contributed by atoms with Crippen LogP contribution < -0.4 is 0 Å². The van der Waals surface area contributed by atoms with Gasteiger partial charge >= 0.3 is 0 Å². The third-order valence-corrected chi connectivity index (χ3v) is 3.05. The van der Waals surface area contributed by atoms with Gasteiger partial charge in [-0.1, -0.05) is 35.8 Å². The van der Waals surface area contributed by atoms with E-state index >= 15 is 0 Å². The minimum Gasteiger partial charge on any atom is -0.285 e. The highest BCUT2D eigenvalue weighted by atomic mass is 79.9. The van der Waals surface area contributed by atoms with Crippen molar-refractivity contribution >= 4 is 15.9 Å². The van der Waals surface area contributed by atoms with Gasteiger partial charge in [-0.05, 0) is 25.2 Å². The molecule has 0 radical (unpaired) electrons. The Labute approximate surface area is 104 Å². The van der Waals surface area contributed by atoms with Crippen LogP contribution in [-0.2, 0) is 0 Å². The summed E-state index contributed by atoms with van der Waals surface area (Å²) in [5, 5.41) is 9.14. The van der Waals surface area contributed by atoms with Crippen molar-refractivity contribution in [3.05, 3.63) is 34.1 Å². The summed E-state index contributed by atoms with van der Waals surface area (Å²) >= 11 is 3.20. The van der Waals surface area contributed by atoms with E-state index < -0.39 is 6.04 Å². The molecule has 0 heterocycles. The van der Waals surface area contributed by atoms with Crippen molar-refractivity contribution < 1.29 is 4.39 Å². The van der Waals surface area contributed by atoms with E-state index in [0.717, 1.165) is 13.1 Å². The molecule has 0 fully saturated rings. The number of benzene rings is 1. The standard InChI is InChI=1S/C12H14BrFN2/c1-3-16(4-2)12(8-15)10-6-5-9(13)7-11(10)14/h5-7,12H,3-4H2,1-2H3. The first kappa shape index (κ1) is 13.1. The van der Waals surface area contributed by atoms with Crippen molar-refractivity contribution in [2.45, 2.75) is 19.9 Å². The van der Waals surface area contributed by atoms with Crippen molar-refractivity contribution in [2.24, 2.45) is 0 Å². The number of hydrogen-bond acceptors (Lipinski definition) is 2. The van der Waals surface area contributed by atoms with Gasteiger partial charge in [0, 0.05) is 10.0 Å². The molecule has 16 heavy (non-hydrogen) atoms. The molecule has 1 rings (SSSR count). The lowest BCUT2D eigenvalue weighted by Gasteiger charge is -2.24. The molecule has 0 bridgehead atoms. The molecule has 0 aliphatic carbocycles. The zero-order valence-corrected chi connectivity index (χ0v) is 11.0. The molecule has 1 atom stereocenters. The van der Waals surface area contributed by atoms with Gasteiger partial charge in [0.2, 0.25) is 0 Å². The molecule has 0 saturated heterocycles. The van der Waals surface area contributed by atoms with Gasteiger partial charge in [-0.2, -0.15) is 5.26 Å². The van der Waals surface area contributed by atoms with E-state index in [0.29, 0.717) is 10.0 Å². The first-order valence-corrected chi connectivity index (χ1v) is 6.01. The molecule has 0 N–H and O–H groups in total. The minimum absolute atomic E-state index is 0.340. The monoisotopic (exact) mass is 284 g/mol. The summed E-state index contributed by atoms with van der Waals surface area (Å²) in [4.78, 5) is 1.92. The van der Waals surface area contributed by atoms with Crippen LogP contribution in [0.25, 0.3) is 0 Å².